The van der Waals surface area contributed by atoms with Gasteiger partial charge in [-0.2, -0.15) is 0 Å². The topological polar surface area (TPSA) is 80.8 Å². The lowest BCUT2D eigenvalue weighted by molar-refractivity contribution is -0.149. The van der Waals surface area contributed by atoms with Gasteiger partial charge in [-0.05, 0) is 6.92 Å². The summed E-state index contributed by atoms with van der Waals surface area (Å²) in [6.07, 6.45) is 1.55. The van der Waals surface area contributed by atoms with Crippen LogP contribution in [0.1, 0.15) is 12.6 Å². The summed E-state index contributed by atoms with van der Waals surface area (Å²) in [5.41, 5.74) is 0.489. The number of piperazine rings is 1. The molecule has 7 nitrogen and oxygen atoms in total. The van der Waals surface area contributed by atoms with Crippen LogP contribution in [0.4, 0.5) is 0 Å². The number of ether oxygens (including phenoxy) is 2. The van der Waals surface area contributed by atoms with Gasteiger partial charge in [-0.25, -0.2) is 0 Å². The molecule has 2 amide bonds. The van der Waals surface area contributed by atoms with E-state index < -0.39 is 0 Å². The van der Waals surface area contributed by atoms with Crippen molar-refractivity contribution in [1.29, 1.82) is 0 Å². The Morgan fingerprint density at radius 2 is 2.15 bits per heavy atom. The Bertz CT molecular complexity index is 532. The van der Waals surface area contributed by atoms with Crippen LogP contribution in [-0.2, 0) is 16.1 Å². The Morgan fingerprint density at radius 1 is 1.40 bits per heavy atom. The second-order valence-corrected chi connectivity index (χ2v) is 4.41. The Morgan fingerprint density at radius 3 is 2.80 bits per heavy atom. The maximum Gasteiger partial charge on any atom is 0.246 e. The van der Waals surface area contributed by atoms with Gasteiger partial charge in [0.15, 0.2) is 11.5 Å². The van der Waals surface area contributed by atoms with E-state index in [-0.39, 0.29) is 30.9 Å². The highest BCUT2D eigenvalue weighted by Crippen LogP contribution is 2.30. The third kappa shape index (κ3) is 2.57. The first-order valence-electron chi connectivity index (χ1n) is 6.22. The van der Waals surface area contributed by atoms with Gasteiger partial charge in [0.1, 0.15) is 5.69 Å². The number of hydrogen-bond acceptors (Lipinski definition) is 6. The molecule has 0 radical (unpaired) electrons. The monoisotopic (exact) mass is 279 g/mol. The van der Waals surface area contributed by atoms with Gasteiger partial charge in [0.25, 0.3) is 0 Å². The van der Waals surface area contributed by atoms with Crippen LogP contribution in [0.5, 0.6) is 11.5 Å². The normalized spacial score (nSPS) is 19.1. The van der Waals surface area contributed by atoms with E-state index in [1.165, 1.54) is 19.1 Å². The summed E-state index contributed by atoms with van der Waals surface area (Å²) < 4.78 is 10.4. The van der Waals surface area contributed by atoms with Crippen LogP contribution in [0.15, 0.2) is 12.3 Å². The molecule has 1 saturated heterocycles. The highest BCUT2D eigenvalue weighted by Gasteiger charge is 2.32. The van der Waals surface area contributed by atoms with Gasteiger partial charge in [0.2, 0.25) is 11.8 Å². The molecule has 1 unspecified atom stereocenters. The summed E-state index contributed by atoms with van der Waals surface area (Å²) >= 11 is 0. The van der Waals surface area contributed by atoms with Crippen LogP contribution in [0.2, 0.25) is 0 Å². The average Bonchev–Trinajstić information content (AvgIpc) is 2.47. The quantitative estimate of drug-likeness (QED) is 0.778. The van der Waals surface area contributed by atoms with E-state index in [0.29, 0.717) is 17.2 Å². The van der Waals surface area contributed by atoms with Gasteiger partial charge in [-0.3, -0.25) is 24.8 Å². The average molecular weight is 279 g/mol. The third-order valence-corrected chi connectivity index (χ3v) is 3.17. The van der Waals surface area contributed by atoms with E-state index in [2.05, 4.69) is 10.3 Å². The lowest BCUT2D eigenvalue weighted by Crippen LogP contribution is -2.56. The number of methoxy groups -OCH3 is 2. The van der Waals surface area contributed by atoms with Gasteiger partial charge in [-0.15, -0.1) is 0 Å². The Kier molecular flexibility index (Phi) is 4.19. The van der Waals surface area contributed by atoms with Gasteiger partial charge < -0.3 is 9.47 Å². The molecular weight excluding hydrogens is 262 g/mol. The van der Waals surface area contributed by atoms with Crippen molar-refractivity contribution in [1.82, 2.24) is 15.2 Å². The number of nitrogens with one attached hydrogen (secondary N) is 1. The van der Waals surface area contributed by atoms with Crippen LogP contribution in [0.25, 0.3) is 0 Å². The number of aromatic nitrogens is 1. The number of carbonyl (C=O) groups excluding carboxylic acids is 2. The van der Waals surface area contributed by atoms with E-state index >= 15 is 0 Å². The molecule has 108 valence electrons. The van der Waals surface area contributed by atoms with E-state index in [0.717, 1.165) is 0 Å². The summed E-state index contributed by atoms with van der Waals surface area (Å²) in [7, 11) is 3.01. The molecule has 0 saturated carbocycles. The summed E-state index contributed by atoms with van der Waals surface area (Å²) in [5, 5.41) is 2.83. The maximum absolute atomic E-state index is 12.0. The highest BCUT2D eigenvalue weighted by molar-refractivity contribution is 6.00. The van der Waals surface area contributed by atoms with Crippen LogP contribution in [0, 0.1) is 0 Å². The number of imide groups is 1. The zero-order chi connectivity index (χ0) is 14.7. The zero-order valence-corrected chi connectivity index (χ0v) is 11.7. The van der Waals surface area contributed by atoms with E-state index in [1.54, 1.807) is 19.2 Å². The highest BCUT2D eigenvalue weighted by atomic mass is 16.5. The third-order valence-electron chi connectivity index (χ3n) is 3.17. The number of carbonyl (C=O) groups is 2. The molecule has 20 heavy (non-hydrogen) atoms. The smallest absolute Gasteiger partial charge is 0.246 e. The second-order valence-electron chi connectivity index (χ2n) is 4.41. The molecule has 0 bridgehead atoms. The number of amides is 2. The molecule has 2 rings (SSSR count). The van der Waals surface area contributed by atoms with Crippen molar-refractivity contribution in [2.75, 3.05) is 20.8 Å². The molecule has 1 aromatic rings. The first kappa shape index (κ1) is 14.3. The molecule has 1 N–H and O–H groups in total. The molecule has 0 aromatic carbocycles. The molecule has 1 aromatic heterocycles. The summed E-state index contributed by atoms with van der Waals surface area (Å²) in [4.78, 5) is 29.2. The second kappa shape index (κ2) is 5.87. The minimum Gasteiger partial charge on any atom is -0.493 e. The Balaban J connectivity index is 2.29. The van der Waals surface area contributed by atoms with Crippen LogP contribution < -0.4 is 14.8 Å². The fourth-order valence-corrected chi connectivity index (χ4v) is 2.06. The van der Waals surface area contributed by atoms with Crippen molar-refractivity contribution in [3.8, 4) is 11.5 Å². The molecule has 1 aliphatic rings. The lowest BCUT2D eigenvalue weighted by Gasteiger charge is -2.29. The predicted octanol–water partition coefficient (Wildman–Crippen LogP) is -0.0543. The first-order chi connectivity index (χ1) is 9.58. The fraction of sp³-hybridized carbons (Fsp3) is 0.462. The molecule has 2 heterocycles. The molecule has 1 aliphatic heterocycles. The summed E-state index contributed by atoms with van der Waals surface area (Å²) in [6.45, 7) is 1.93. The Hall–Kier alpha value is -2.15. The minimum absolute atomic E-state index is 0.0735. The first-order valence-corrected chi connectivity index (χ1v) is 6.22. The predicted molar refractivity (Wildman–Crippen MR) is 70.4 cm³/mol. The van der Waals surface area contributed by atoms with Gasteiger partial charge in [0, 0.05) is 12.3 Å². The maximum atomic E-state index is 12.0. The molecule has 1 fully saturated rings. The van der Waals surface area contributed by atoms with Crippen molar-refractivity contribution in [2.45, 2.75) is 19.5 Å². The standard InChI is InChI=1S/C13H17N3O4/c1-8-13(18)16(11(17)6-15-8)7-9-12(20-3)10(19-2)4-5-14-9/h4-5,8,15H,6-7H2,1-3H3. The molecule has 0 spiro atoms. The number of hydrogen-bond donors (Lipinski definition) is 1. The van der Waals surface area contributed by atoms with Crippen LogP contribution in [-0.4, -0.2) is 48.5 Å². The summed E-state index contributed by atoms with van der Waals surface area (Å²) in [6, 6.07) is 1.27. The largest absolute Gasteiger partial charge is 0.493 e. The summed E-state index contributed by atoms with van der Waals surface area (Å²) in [5.74, 6) is 0.398. The number of pyridine rings is 1. The van der Waals surface area contributed by atoms with Crippen molar-refractivity contribution >= 4 is 11.8 Å². The molecular formula is C13H17N3O4. The number of rotatable bonds is 4. The van der Waals surface area contributed by atoms with Crippen LogP contribution >= 0.6 is 0 Å². The molecule has 7 heteroatoms. The van der Waals surface area contributed by atoms with Gasteiger partial charge in [-0.1, -0.05) is 0 Å². The number of nitrogens with zero attached hydrogens (tertiary/aromatic N) is 2. The van der Waals surface area contributed by atoms with Crippen molar-refractivity contribution in [3.63, 3.8) is 0 Å². The van der Waals surface area contributed by atoms with E-state index in [4.69, 9.17) is 9.47 Å². The lowest BCUT2D eigenvalue weighted by atomic mass is 10.2. The van der Waals surface area contributed by atoms with Gasteiger partial charge >= 0.3 is 0 Å². The SMILES string of the molecule is COc1ccnc(CN2C(=O)CNC(C)C2=O)c1OC. The minimum atomic E-state index is -0.385. The zero-order valence-electron chi connectivity index (χ0n) is 11.7. The van der Waals surface area contributed by atoms with Crippen LogP contribution in [0.3, 0.4) is 0 Å². The van der Waals surface area contributed by atoms with Gasteiger partial charge in [0.05, 0.1) is 33.4 Å². The Labute approximate surface area is 116 Å². The van der Waals surface area contributed by atoms with Crippen molar-refractivity contribution in [3.05, 3.63) is 18.0 Å². The van der Waals surface area contributed by atoms with E-state index in [1.807, 2.05) is 0 Å². The van der Waals surface area contributed by atoms with Crippen molar-refractivity contribution < 1.29 is 19.1 Å². The fourth-order valence-electron chi connectivity index (χ4n) is 2.06. The van der Waals surface area contributed by atoms with E-state index in [9.17, 15) is 9.59 Å². The molecule has 1 atom stereocenters. The molecule has 0 aliphatic carbocycles. The van der Waals surface area contributed by atoms with Crippen molar-refractivity contribution in [2.24, 2.45) is 0 Å².